The maximum Gasteiger partial charge on any atom is 0.214 e. The van der Waals surface area contributed by atoms with Gasteiger partial charge in [0.15, 0.2) is 0 Å². The molecule has 0 unspecified atom stereocenters. The molecule has 1 aromatic rings. The van der Waals surface area contributed by atoms with Crippen LogP contribution in [-0.4, -0.2) is 9.78 Å². The Kier molecular flexibility index (Phi) is 3.07. The van der Waals surface area contributed by atoms with Crippen LogP contribution >= 0.6 is 0 Å². The van der Waals surface area contributed by atoms with Crippen molar-refractivity contribution < 1.29 is 4.39 Å². The zero-order valence-electron chi connectivity index (χ0n) is 8.76. The maximum absolute atomic E-state index is 13.5. The molecule has 0 aliphatic carbocycles. The number of rotatable bonds is 3. The predicted octanol–water partition coefficient (Wildman–Crippen LogP) is 2.64. The minimum atomic E-state index is -0.175. The van der Waals surface area contributed by atoms with Crippen molar-refractivity contribution in [3.8, 4) is 0 Å². The third-order valence-corrected chi connectivity index (χ3v) is 2.15. The van der Waals surface area contributed by atoms with Crippen molar-refractivity contribution in [3.05, 3.63) is 17.2 Å². The summed E-state index contributed by atoms with van der Waals surface area (Å²) in [6, 6.07) is 0. The van der Waals surface area contributed by atoms with Crippen LogP contribution in [-0.2, 0) is 13.5 Å². The Morgan fingerprint density at radius 3 is 2.54 bits per heavy atom. The summed E-state index contributed by atoms with van der Waals surface area (Å²) in [5.41, 5.74) is 1.70. The number of aromatic nitrogens is 2. The van der Waals surface area contributed by atoms with Gasteiger partial charge in [-0.05, 0) is 12.3 Å². The van der Waals surface area contributed by atoms with Gasteiger partial charge < -0.3 is 0 Å². The second kappa shape index (κ2) is 3.90. The third-order valence-electron chi connectivity index (χ3n) is 2.15. The van der Waals surface area contributed by atoms with Gasteiger partial charge in [-0.15, -0.1) is 0 Å². The third kappa shape index (κ3) is 1.90. The van der Waals surface area contributed by atoms with Gasteiger partial charge in [0.1, 0.15) is 0 Å². The van der Waals surface area contributed by atoms with Crippen molar-refractivity contribution in [2.45, 2.75) is 39.5 Å². The van der Waals surface area contributed by atoms with Gasteiger partial charge in [0.05, 0.1) is 5.69 Å². The first-order valence-electron chi connectivity index (χ1n) is 4.79. The van der Waals surface area contributed by atoms with E-state index in [1.54, 1.807) is 7.05 Å². The summed E-state index contributed by atoms with van der Waals surface area (Å²) >= 11 is 0. The number of halogens is 1. The lowest BCUT2D eigenvalue weighted by Gasteiger charge is -2.02. The average Bonchev–Trinajstić information content (AvgIpc) is 2.33. The van der Waals surface area contributed by atoms with E-state index in [2.05, 4.69) is 12.0 Å². The quantitative estimate of drug-likeness (QED) is 0.706. The second-order valence-corrected chi connectivity index (χ2v) is 3.68. The molecule has 0 spiro atoms. The van der Waals surface area contributed by atoms with E-state index in [4.69, 9.17) is 0 Å². The topological polar surface area (TPSA) is 17.8 Å². The van der Waals surface area contributed by atoms with E-state index in [0.29, 0.717) is 5.92 Å². The zero-order chi connectivity index (χ0) is 10.0. The van der Waals surface area contributed by atoms with Crippen LogP contribution in [0.2, 0.25) is 0 Å². The lowest BCUT2D eigenvalue weighted by molar-refractivity contribution is 0.494. The van der Waals surface area contributed by atoms with Crippen LogP contribution in [0.1, 0.15) is 44.4 Å². The Morgan fingerprint density at radius 1 is 1.46 bits per heavy atom. The molecule has 0 amide bonds. The van der Waals surface area contributed by atoms with Crippen molar-refractivity contribution in [1.82, 2.24) is 9.78 Å². The minimum Gasteiger partial charge on any atom is -0.242 e. The van der Waals surface area contributed by atoms with Crippen molar-refractivity contribution >= 4 is 0 Å². The largest absolute Gasteiger partial charge is 0.242 e. The molecule has 0 N–H and O–H groups in total. The van der Waals surface area contributed by atoms with Crippen LogP contribution in [0.25, 0.3) is 0 Å². The normalized spacial score (nSPS) is 11.2. The molecule has 0 aliphatic rings. The van der Waals surface area contributed by atoms with Gasteiger partial charge in [0.2, 0.25) is 5.95 Å². The molecule has 74 valence electrons. The summed E-state index contributed by atoms with van der Waals surface area (Å²) in [5.74, 6) is 0.128. The second-order valence-electron chi connectivity index (χ2n) is 3.68. The highest BCUT2D eigenvalue weighted by atomic mass is 19.1. The van der Waals surface area contributed by atoms with Gasteiger partial charge in [-0.25, -0.2) is 4.68 Å². The Balaban J connectivity index is 3.11. The summed E-state index contributed by atoms with van der Waals surface area (Å²) in [7, 11) is 1.65. The van der Waals surface area contributed by atoms with E-state index >= 15 is 0 Å². The molecule has 0 fully saturated rings. The Hall–Kier alpha value is -0.860. The van der Waals surface area contributed by atoms with E-state index in [1.165, 1.54) is 4.68 Å². The number of hydrogen-bond donors (Lipinski definition) is 0. The molecule has 1 aromatic heterocycles. The van der Waals surface area contributed by atoms with Gasteiger partial charge >= 0.3 is 0 Å². The minimum absolute atomic E-state index is 0.175. The van der Waals surface area contributed by atoms with Crippen molar-refractivity contribution in [3.63, 3.8) is 0 Å². The average molecular weight is 184 g/mol. The molecule has 0 saturated heterocycles. The van der Waals surface area contributed by atoms with Crippen LogP contribution in [0.4, 0.5) is 4.39 Å². The number of nitrogens with zero attached hydrogens (tertiary/aromatic N) is 2. The summed E-state index contributed by atoms with van der Waals surface area (Å²) in [6.07, 6.45) is 1.75. The van der Waals surface area contributed by atoms with Crippen LogP contribution in [0.15, 0.2) is 0 Å². The highest BCUT2D eigenvalue weighted by Gasteiger charge is 2.16. The fraction of sp³-hybridized carbons (Fsp3) is 0.700. The predicted molar refractivity (Wildman–Crippen MR) is 51.3 cm³/mol. The van der Waals surface area contributed by atoms with E-state index < -0.39 is 0 Å². The van der Waals surface area contributed by atoms with E-state index in [0.717, 1.165) is 24.1 Å². The molecule has 0 saturated carbocycles. The highest BCUT2D eigenvalue weighted by molar-refractivity contribution is 5.21. The lowest BCUT2D eigenvalue weighted by atomic mass is 10.0. The van der Waals surface area contributed by atoms with Gasteiger partial charge in [0, 0.05) is 12.6 Å². The molecule has 0 bridgehead atoms. The monoisotopic (exact) mass is 184 g/mol. The molecule has 0 aromatic carbocycles. The fourth-order valence-corrected chi connectivity index (χ4v) is 1.51. The molecule has 0 aliphatic heterocycles. The van der Waals surface area contributed by atoms with Crippen LogP contribution in [0.3, 0.4) is 0 Å². The molecule has 0 radical (unpaired) electrons. The molecule has 3 heteroatoms. The van der Waals surface area contributed by atoms with E-state index in [9.17, 15) is 4.39 Å². The Labute approximate surface area is 78.8 Å². The summed E-state index contributed by atoms with van der Waals surface area (Å²) in [5, 5.41) is 4.17. The molecule has 2 nitrogen and oxygen atoms in total. The SMILES string of the molecule is CCCc1c(C(C)C)nn(C)c1F. The highest BCUT2D eigenvalue weighted by Crippen LogP contribution is 2.21. The van der Waals surface area contributed by atoms with E-state index in [1.807, 2.05) is 13.8 Å². The van der Waals surface area contributed by atoms with Crippen molar-refractivity contribution in [2.24, 2.45) is 7.05 Å². The Bertz CT molecular complexity index is 289. The molecule has 13 heavy (non-hydrogen) atoms. The summed E-state index contributed by atoms with van der Waals surface area (Å²) in [6.45, 7) is 6.14. The molecular weight excluding hydrogens is 167 g/mol. The van der Waals surface area contributed by atoms with Crippen LogP contribution in [0.5, 0.6) is 0 Å². The first-order valence-corrected chi connectivity index (χ1v) is 4.79. The molecule has 1 rings (SSSR count). The fourth-order valence-electron chi connectivity index (χ4n) is 1.51. The number of aryl methyl sites for hydroxylation is 1. The van der Waals surface area contributed by atoms with Gasteiger partial charge in [-0.1, -0.05) is 27.2 Å². The first-order chi connectivity index (χ1) is 6.07. The summed E-state index contributed by atoms with van der Waals surface area (Å²) in [4.78, 5) is 0. The van der Waals surface area contributed by atoms with Gasteiger partial charge in [0.25, 0.3) is 0 Å². The maximum atomic E-state index is 13.5. The first kappa shape index (κ1) is 10.2. The standard InChI is InChI=1S/C10H17FN2/c1-5-6-8-9(7(2)3)12-13(4)10(8)11/h7H,5-6H2,1-4H3. The van der Waals surface area contributed by atoms with Gasteiger partial charge in [-0.3, -0.25) is 0 Å². The van der Waals surface area contributed by atoms with Crippen LogP contribution < -0.4 is 0 Å². The lowest BCUT2D eigenvalue weighted by Crippen LogP contribution is -1.95. The smallest absolute Gasteiger partial charge is 0.214 e. The zero-order valence-corrected chi connectivity index (χ0v) is 8.76. The van der Waals surface area contributed by atoms with Crippen LogP contribution in [0, 0.1) is 5.95 Å². The molecular formula is C10H17FN2. The molecule has 1 heterocycles. The van der Waals surface area contributed by atoms with Gasteiger partial charge in [-0.2, -0.15) is 9.49 Å². The van der Waals surface area contributed by atoms with Crippen molar-refractivity contribution in [2.75, 3.05) is 0 Å². The summed E-state index contributed by atoms with van der Waals surface area (Å²) < 4.78 is 14.8. The Morgan fingerprint density at radius 2 is 2.08 bits per heavy atom. The van der Waals surface area contributed by atoms with Crippen molar-refractivity contribution in [1.29, 1.82) is 0 Å². The van der Waals surface area contributed by atoms with E-state index in [-0.39, 0.29) is 5.95 Å². The molecule has 0 atom stereocenters. The number of hydrogen-bond acceptors (Lipinski definition) is 1.